The molecule has 2 aromatic rings. The molecular weight excluding hydrogens is 399 g/mol. The summed E-state index contributed by atoms with van der Waals surface area (Å²) < 4.78 is 38.8. The second-order valence-electron chi connectivity index (χ2n) is 7.52. The fourth-order valence-electron chi connectivity index (χ4n) is 3.51. The summed E-state index contributed by atoms with van der Waals surface area (Å²) in [6.45, 7) is 6.02. The lowest BCUT2D eigenvalue weighted by molar-refractivity contribution is -0.895. The number of carbonyl (C=O) groups is 2. The van der Waals surface area contributed by atoms with Crippen LogP contribution in [0, 0.1) is 13.8 Å². The number of quaternary nitrogens is 1. The molecule has 2 amide bonds. The zero-order valence-corrected chi connectivity index (χ0v) is 16.9. The van der Waals surface area contributed by atoms with Crippen molar-refractivity contribution in [2.45, 2.75) is 26.6 Å². The van der Waals surface area contributed by atoms with Crippen LogP contribution in [0.15, 0.2) is 30.5 Å². The quantitative estimate of drug-likeness (QED) is 0.749. The van der Waals surface area contributed by atoms with Crippen molar-refractivity contribution in [3.05, 3.63) is 47.3 Å². The van der Waals surface area contributed by atoms with E-state index in [4.69, 9.17) is 0 Å². The van der Waals surface area contributed by atoms with Crippen molar-refractivity contribution >= 4 is 17.5 Å². The Labute approximate surface area is 172 Å². The van der Waals surface area contributed by atoms with E-state index in [1.54, 1.807) is 4.90 Å². The Morgan fingerprint density at radius 2 is 1.77 bits per heavy atom. The summed E-state index contributed by atoms with van der Waals surface area (Å²) >= 11 is 0. The van der Waals surface area contributed by atoms with Gasteiger partial charge in [-0.2, -0.15) is 18.3 Å². The van der Waals surface area contributed by atoms with E-state index in [1.807, 2.05) is 32.0 Å². The van der Waals surface area contributed by atoms with Gasteiger partial charge in [0.2, 0.25) is 5.91 Å². The number of nitrogens with one attached hydrogen (secondary N) is 2. The Kier molecular flexibility index (Phi) is 6.45. The number of carbonyl (C=O) groups excluding carboxylic acids is 2. The van der Waals surface area contributed by atoms with Crippen LogP contribution in [0.4, 0.5) is 18.9 Å². The number of hydrogen-bond donors (Lipinski definition) is 2. The molecule has 0 saturated carbocycles. The molecule has 2 heterocycles. The van der Waals surface area contributed by atoms with Crippen molar-refractivity contribution in [1.29, 1.82) is 0 Å². The number of piperazine rings is 1. The highest BCUT2D eigenvalue weighted by atomic mass is 19.4. The Bertz CT molecular complexity index is 897. The molecule has 7 nitrogen and oxygen atoms in total. The number of rotatable bonds is 5. The minimum absolute atomic E-state index is 0.0848. The van der Waals surface area contributed by atoms with Gasteiger partial charge in [0.05, 0.1) is 26.2 Å². The number of alkyl halides is 3. The Hall–Kier alpha value is -2.88. The molecule has 0 aliphatic carbocycles. The molecule has 1 aliphatic rings. The SMILES string of the molecule is Cc1cccc(C)c1NC(=O)C[NH+]1CCN(C(=O)Cn2ccc(C(F)(F)F)n2)CC1. The van der Waals surface area contributed by atoms with Crippen LogP contribution in [0.25, 0.3) is 0 Å². The van der Waals surface area contributed by atoms with Gasteiger partial charge < -0.3 is 15.1 Å². The van der Waals surface area contributed by atoms with Crippen LogP contribution in [0.1, 0.15) is 16.8 Å². The van der Waals surface area contributed by atoms with Crippen LogP contribution in [0.3, 0.4) is 0 Å². The smallest absolute Gasteiger partial charge is 0.330 e. The summed E-state index contributed by atoms with van der Waals surface area (Å²) in [7, 11) is 0. The molecule has 10 heteroatoms. The van der Waals surface area contributed by atoms with Gasteiger partial charge in [0, 0.05) is 11.9 Å². The molecule has 0 unspecified atom stereocenters. The third kappa shape index (κ3) is 5.38. The first-order valence-corrected chi connectivity index (χ1v) is 9.71. The van der Waals surface area contributed by atoms with Crippen molar-refractivity contribution < 1.29 is 27.7 Å². The van der Waals surface area contributed by atoms with E-state index in [-0.39, 0.29) is 18.4 Å². The Balaban J connectivity index is 1.47. The summed E-state index contributed by atoms with van der Waals surface area (Å²) in [5.41, 5.74) is 1.81. The lowest BCUT2D eigenvalue weighted by Crippen LogP contribution is -3.15. The molecule has 1 saturated heterocycles. The number of hydrogen-bond acceptors (Lipinski definition) is 3. The molecule has 0 bridgehead atoms. The zero-order chi connectivity index (χ0) is 21.9. The minimum atomic E-state index is -4.53. The molecule has 3 rings (SSSR count). The summed E-state index contributed by atoms with van der Waals surface area (Å²) in [4.78, 5) is 27.4. The number of para-hydroxylation sites is 1. The first kappa shape index (κ1) is 21.8. The molecule has 1 aliphatic heterocycles. The van der Waals surface area contributed by atoms with Crippen molar-refractivity contribution in [3.8, 4) is 0 Å². The summed E-state index contributed by atoms with van der Waals surface area (Å²) in [6, 6.07) is 6.67. The first-order chi connectivity index (χ1) is 14.1. The normalized spacial score (nSPS) is 15.3. The molecule has 1 aromatic carbocycles. The standard InChI is InChI=1S/C20H24F3N5O2/c1-14-4-3-5-15(2)19(14)24-17(29)12-26-8-10-27(11-9-26)18(30)13-28-7-6-16(25-28)20(21,22)23/h3-7H,8-13H2,1-2H3,(H,24,29)/p+1. The zero-order valence-electron chi connectivity index (χ0n) is 16.9. The molecule has 2 N–H and O–H groups in total. The van der Waals surface area contributed by atoms with Gasteiger partial charge in [-0.15, -0.1) is 0 Å². The van der Waals surface area contributed by atoms with Crippen LogP contribution in [0.2, 0.25) is 0 Å². The highest BCUT2D eigenvalue weighted by molar-refractivity contribution is 5.93. The van der Waals surface area contributed by atoms with Gasteiger partial charge in [0.25, 0.3) is 5.91 Å². The highest BCUT2D eigenvalue weighted by Crippen LogP contribution is 2.27. The first-order valence-electron chi connectivity index (χ1n) is 9.71. The van der Waals surface area contributed by atoms with Crippen molar-refractivity contribution in [2.24, 2.45) is 0 Å². The van der Waals surface area contributed by atoms with Gasteiger partial charge >= 0.3 is 6.18 Å². The number of halogens is 3. The average Bonchev–Trinajstić information content (AvgIpc) is 3.14. The molecule has 0 spiro atoms. The number of aromatic nitrogens is 2. The third-order valence-corrected chi connectivity index (χ3v) is 5.21. The largest absolute Gasteiger partial charge is 0.435 e. The van der Waals surface area contributed by atoms with E-state index in [0.717, 1.165) is 38.7 Å². The third-order valence-electron chi connectivity index (χ3n) is 5.21. The topological polar surface area (TPSA) is 71.7 Å². The maximum Gasteiger partial charge on any atom is 0.435 e. The Morgan fingerprint density at radius 3 is 2.33 bits per heavy atom. The van der Waals surface area contributed by atoms with E-state index >= 15 is 0 Å². The summed E-state index contributed by atoms with van der Waals surface area (Å²) in [6.07, 6.45) is -3.37. The van der Waals surface area contributed by atoms with Crippen molar-refractivity contribution in [3.63, 3.8) is 0 Å². The van der Waals surface area contributed by atoms with Gasteiger partial charge in [0.1, 0.15) is 6.54 Å². The second-order valence-corrected chi connectivity index (χ2v) is 7.52. The number of nitrogens with zero attached hydrogens (tertiary/aromatic N) is 3. The monoisotopic (exact) mass is 424 g/mol. The highest BCUT2D eigenvalue weighted by Gasteiger charge is 2.34. The van der Waals surface area contributed by atoms with Crippen molar-refractivity contribution in [1.82, 2.24) is 14.7 Å². The summed E-state index contributed by atoms with van der Waals surface area (Å²) in [5.74, 6) is -0.371. The maximum atomic E-state index is 12.6. The van der Waals surface area contributed by atoms with E-state index in [1.165, 1.54) is 0 Å². The lowest BCUT2D eigenvalue weighted by Gasteiger charge is -2.32. The molecule has 0 radical (unpaired) electrons. The molecule has 1 aromatic heterocycles. The lowest BCUT2D eigenvalue weighted by atomic mass is 10.1. The van der Waals surface area contributed by atoms with Gasteiger partial charge in [-0.1, -0.05) is 18.2 Å². The van der Waals surface area contributed by atoms with Crippen LogP contribution >= 0.6 is 0 Å². The van der Waals surface area contributed by atoms with E-state index < -0.39 is 11.9 Å². The second kappa shape index (κ2) is 8.86. The van der Waals surface area contributed by atoms with Crippen LogP contribution in [0.5, 0.6) is 0 Å². The summed E-state index contributed by atoms with van der Waals surface area (Å²) in [5, 5.41) is 6.37. The fraction of sp³-hybridized carbons (Fsp3) is 0.450. The van der Waals surface area contributed by atoms with E-state index in [0.29, 0.717) is 32.7 Å². The Morgan fingerprint density at radius 1 is 1.13 bits per heavy atom. The average molecular weight is 424 g/mol. The number of benzene rings is 1. The maximum absolute atomic E-state index is 12.6. The predicted molar refractivity (Wildman–Crippen MR) is 104 cm³/mol. The molecule has 0 atom stereocenters. The van der Waals surface area contributed by atoms with Gasteiger partial charge in [0.15, 0.2) is 12.2 Å². The van der Waals surface area contributed by atoms with E-state index in [2.05, 4.69) is 10.4 Å². The number of aryl methyl sites for hydroxylation is 2. The minimum Gasteiger partial charge on any atom is -0.330 e. The van der Waals surface area contributed by atoms with Crippen LogP contribution < -0.4 is 10.2 Å². The van der Waals surface area contributed by atoms with E-state index in [9.17, 15) is 22.8 Å². The number of anilines is 1. The van der Waals surface area contributed by atoms with Crippen LogP contribution in [-0.2, 0) is 22.3 Å². The van der Waals surface area contributed by atoms with Crippen molar-refractivity contribution in [2.75, 3.05) is 38.0 Å². The molecule has 1 fully saturated rings. The molecule has 30 heavy (non-hydrogen) atoms. The van der Waals surface area contributed by atoms with Crippen LogP contribution in [-0.4, -0.2) is 59.2 Å². The van der Waals surface area contributed by atoms with Gasteiger partial charge in [-0.3, -0.25) is 14.3 Å². The number of amides is 2. The molecular formula is C20H25F3N5O2+. The fourth-order valence-corrected chi connectivity index (χ4v) is 3.51. The van der Waals surface area contributed by atoms with Gasteiger partial charge in [-0.05, 0) is 31.0 Å². The van der Waals surface area contributed by atoms with Gasteiger partial charge in [-0.25, -0.2) is 0 Å². The predicted octanol–water partition coefficient (Wildman–Crippen LogP) is 0.885. The molecule has 162 valence electrons.